The van der Waals surface area contributed by atoms with Crippen LogP contribution in [0.5, 0.6) is 0 Å². The third kappa shape index (κ3) is 3.17. The van der Waals surface area contributed by atoms with E-state index in [-0.39, 0.29) is 18.4 Å². The van der Waals surface area contributed by atoms with Crippen LogP contribution in [0.1, 0.15) is 35.3 Å². The Morgan fingerprint density at radius 1 is 1.20 bits per heavy atom. The summed E-state index contributed by atoms with van der Waals surface area (Å²) in [4.78, 5) is 25.6. The van der Waals surface area contributed by atoms with E-state index in [4.69, 9.17) is 0 Å². The summed E-state index contributed by atoms with van der Waals surface area (Å²) in [5.41, 5.74) is 3.01. The van der Waals surface area contributed by atoms with Crippen molar-refractivity contribution in [3.05, 3.63) is 34.9 Å². The topological polar surface area (TPSA) is 61.4 Å². The van der Waals surface area contributed by atoms with Gasteiger partial charge < -0.3 is 15.5 Å². The summed E-state index contributed by atoms with van der Waals surface area (Å²) in [6.45, 7) is 6.89. The van der Waals surface area contributed by atoms with Gasteiger partial charge in [0.25, 0.3) is 5.91 Å². The van der Waals surface area contributed by atoms with Crippen molar-refractivity contribution in [2.75, 3.05) is 19.6 Å². The van der Waals surface area contributed by atoms with Gasteiger partial charge >= 0.3 is 0 Å². The molecule has 5 nitrogen and oxygen atoms in total. The van der Waals surface area contributed by atoms with Gasteiger partial charge in [0.1, 0.15) is 0 Å². The van der Waals surface area contributed by atoms with E-state index >= 15 is 0 Å². The number of likely N-dealkylation sites (N-methyl/N-ethyl adjacent to an activating group) is 1. The standard InChI is InChI=1S/C15H21N3O2/c1-3-18(4-2)14(19)10-17-15(20)11-5-6-12-8-16-9-13(12)7-11/h5-7,16H,3-4,8-10H2,1-2H3,(H,17,20). The van der Waals surface area contributed by atoms with E-state index < -0.39 is 0 Å². The molecule has 1 heterocycles. The summed E-state index contributed by atoms with van der Waals surface area (Å²) in [5, 5.41) is 5.93. The van der Waals surface area contributed by atoms with E-state index in [0.29, 0.717) is 18.7 Å². The molecule has 0 saturated heterocycles. The number of fused-ring (bicyclic) bond motifs is 1. The highest BCUT2D eigenvalue weighted by Gasteiger charge is 2.15. The van der Waals surface area contributed by atoms with Gasteiger partial charge in [-0.05, 0) is 37.1 Å². The van der Waals surface area contributed by atoms with Gasteiger partial charge in [-0.3, -0.25) is 9.59 Å². The monoisotopic (exact) mass is 275 g/mol. The molecule has 0 bridgehead atoms. The second kappa shape index (κ2) is 6.52. The predicted octanol–water partition coefficient (Wildman–Crippen LogP) is 0.888. The third-order valence-electron chi connectivity index (χ3n) is 3.62. The molecule has 0 aromatic heterocycles. The largest absolute Gasteiger partial charge is 0.343 e. The van der Waals surface area contributed by atoms with E-state index in [1.165, 1.54) is 5.56 Å². The molecule has 1 aromatic rings. The van der Waals surface area contributed by atoms with E-state index in [1.54, 1.807) is 4.90 Å². The fourth-order valence-corrected chi connectivity index (χ4v) is 2.38. The van der Waals surface area contributed by atoms with Crippen molar-refractivity contribution in [1.82, 2.24) is 15.5 Å². The maximum absolute atomic E-state index is 12.0. The number of hydrogen-bond acceptors (Lipinski definition) is 3. The summed E-state index contributed by atoms with van der Waals surface area (Å²) in [6.07, 6.45) is 0. The molecule has 2 rings (SSSR count). The molecule has 0 saturated carbocycles. The second-order valence-corrected chi connectivity index (χ2v) is 4.84. The number of rotatable bonds is 5. The lowest BCUT2D eigenvalue weighted by Gasteiger charge is -2.18. The Bertz CT molecular complexity index is 510. The van der Waals surface area contributed by atoms with Crippen LogP contribution in [0.3, 0.4) is 0 Å². The lowest BCUT2D eigenvalue weighted by atomic mass is 10.1. The fraction of sp³-hybridized carbons (Fsp3) is 0.467. The lowest BCUT2D eigenvalue weighted by Crippen LogP contribution is -2.40. The van der Waals surface area contributed by atoms with Crippen LogP contribution in [0.2, 0.25) is 0 Å². The molecular formula is C15H21N3O2. The van der Waals surface area contributed by atoms with Crippen LogP contribution in [0.25, 0.3) is 0 Å². The van der Waals surface area contributed by atoms with Crippen molar-refractivity contribution in [1.29, 1.82) is 0 Å². The molecule has 1 aliphatic rings. The Hall–Kier alpha value is -1.88. The number of nitrogens with one attached hydrogen (secondary N) is 2. The maximum atomic E-state index is 12.0. The molecule has 0 radical (unpaired) electrons. The Morgan fingerprint density at radius 2 is 1.90 bits per heavy atom. The predicted molar refractivity (Wildman–Crippen MR) is 77.2 cm³/mol. The zero-order valence-electron chi connectivity index (χ0n) is 12.0. The molecule has 2 amide bonds. The summed E-state index contributed by atoms with van der Waals surface area (Å²) in [7, 11) is 0. The summed E-state index contributed by atoms with van der Waals surface area (Å²) in [5.74, 6) is -0.244. The normalized spacial score (nSPS) is 12.9. The van der Waals surface area contributed by atoms with Gasteiger partial charge in [0.05, 0.1) is 6.54 Å². The molecule has 1 aromatic carbocycles. The minimum atomic E-state index is -0.194. The van der Waals surface area contributed by atoms with Crippen molar-refractivity contribution in [2.24, 2.45) is 0 Å². The van der Waals surface area contributed by atoms with Gasteiger partial charge in [-0.1, -0.05) is 6.07 Å². The van der Waals surface area contributed by atoms with Crippen LogP contribution in [-0.2, 0) is 17.9 Å². The number of carbonyl (C=O) groups excluding carboxylic acids is 2. The minimum Gasteiger partial charge on any atom is -0.343 e. The molecule has 5 heteroatoms. The maximum Gasteiger partial charge on any atom is 0.251 e. The van der Waals surface area contributed by atoms with Crippen molar-refractivity contribution < 1.29 is 9.59 Å². The summed E-state index contributed by atoms with van der Waals surface area (Å²) in [6, 6.07) is 5.67. The molecule has 1 aliphatic heterocycles. The van der Waals surface area contributed by atoms with Crippen LogP contribution in [0.4, 0.5) is 0 Å². The van der Waals surface area contributed by atoms with Crippen LogP contribution in [-0.4, -0.2) is 36.3 Å². The quantitative estimate of drug-likeness (QED) is 0.839. The van der Waals surface area contributed by atoms with Gasteiger partial charge in [-0.2, -0.15) is 0 Å². The number of carbonyl (C=O) groups is 2. The number of benzene rings is 1. The van der Waals surface area contributed by atoms with Gasteiger partial charge in [0.15, 0.2) is 0 Å². The van der Waals surface area contributed by atoms with E-state index in [0.717, 1.165) is 18.7 Å². The van der Waals surface area contributed by atoms with Crippen LogP contribution in [0, 0.1) is 0 Å². The van der Waals surface area contributed by atoms with Gasteiger partial charge in [0, 0.05) is 31.7 Å². The highest BCUT2D eigenvalue weighted by atomic mass is 16.2. The molecule has 108 valence electrons. The number of nitrogens with zero attached hydrogens (tertiary/aromatic N) is 1. The Morgan fingerprint density at radius 3 is 2.60 bits per heavy atom. The van der Waals surface area contributed by atoms with Crippen LogP contribution < -0.4 is 10.6 Å². The molecule has 20 heavy (non-hydrogen) atoms. The van der Waals surface area contributed by atoms with Gasteiger partial charge in [-0.15, -0.1) is 0 Å². The molecule has 0 fully saturated rings. The summed E-state index contributed by atoms with van der Waals surface area (Å²) >= 11 is 0. The van der Waals surface area contributed by atoms with E-state index in [9.17, 15) is 9.59 Å². The molecule has 2 N–H and O–H groups in total. The highest BCUT2D eigenvalue weighted by molar-refractivity contribution is 5.96. The molecular weight excluding hydrogens is 254 g/mol. The minimum absolute atomic E-state index is 0.0498. The Kier molecular flexibility index (Phi) is 4.74. The Labute approximate surface area is 119 Å². The first-order valence-electron chi connectivity index (χ1n) is 7.04. The third-order valence-corrected chi connectivity index (χ3v) is 3.62. The average Bonchev–Trinajstić information content (AvgIpc) is 2.93. The van der Waals surface area contributed by atoms with Crippen molar-refractivity contribution in [3.8, 4) is 0 Å². The summed E-state index contributed by atoms with van der Waals surface area (Å²) < 4.78 is 0. The van der Waals surface area contributed by atoms with Crippen LogP contribution >= 0.6 is 0 Å². The van der Waals surface area contributed by atoms with Gasteiger partial charge in [-0.25, -0.2) is 0 Å². The van der Waals surface area contributed by atoms with Gasteiger partial charge in [0.2, 0.25) is 5.91 Å². The smallest absolute Gasteiger partial charge is 0.251 e. The molecule has 0 atom stereocenters. The second-order valence-electron chi connectivity index (χ2n) is 4.84. The Balaban J connectivity index is 1.94. The first-order chi connectivity index (χ1) is 9.65. The zero-order valence-corrected chi connectivity index (χ0v) is 12.0. The average molecular weight is 275 g/mol. The van der Waals surface area contributed by atoms with Crippen molar-refractivity contribution in [3.63, 3.8) is 0 Å². The fourth-order valence-electron chi connectivity index (χ4n) is 2.38. The lowest BCUT2D eigenvalue weighted by molar-refractivity contribution is -0.129. The van der Waals surface area contributed by atoms with E-state index in [2.05, 4.69) is 10.6 Å². The first kappa shape index (κ1) is 14.5. The first-order valence-corrected chi connectivity index (χ1v) is 7.04. The SMILES string of the molecule is CCN(CC)C(=O)CNC(=O)c1ccc2c(c1)CNC2. The number of amides is 2. The molecule has 0 aliphatic carbocycles. The molecule has 0 unspecified atom stereocenters. The van der Waals surface area contributed by atoms with Crippen molar-refractivity contribution >= 4 is 11.8 Å². The van der Waals surface area contributed by atoms with E-state index in [1.807, 2.05) is 32.0 Å². The highest BCUT2D eigenvalue weighted by Crippen LogP contribution is 2.16. The van der Waals surface area contributed by atoms with Crippen molar-refractivity contribution in [2.45, 2.75) is 26.9 Å². The zero-order chi connectivity index (χ0) is 14.5. The number of hydrogen-bond donors (Lipinski definition) is 2. The van der Waals surface area contributed by atoms with Crippen LogP contribution in [0.15, 0.2) is 18.2 Å². The molecule has 0 spiro atoms.